The van der Waals surface area contributed by atoms with Crippen LogP contribution in [0.15, 0.2) is 12.1 Å². The number of nitrogens with zero attached hydrogens (tertiary/aromatic N) is 1. The van der Waals surface area contributed by atoms with Crippen LogP contribution >= 0.6 is 23.2 Å². The van der Waals surface area contributed by atoms with Crippen LogP contribution in [0.4, 0.5) is 5.69 Å². The largest absolute Gasteiger partial charge is 0.480 e. The molecule has 9 heteroatoms. The van der Waals surface area contributed by atoms with Gasteiger partial charge in [-0.3, -0.25) is 14.9 Å². The average molecular weight is 319 g/mol. The SMILES string of the molecule is O=C(NC1(C(=O)O)CC1)c1cc(Cl)c(Cl)c([N+](=O)[O-])c1. The van der Waals surface area contributed by atoms with Crippen molar-refractivity contribution in [2.24, 2.45) is 0 Å². The first kappa shape index (κ1) is 14.5. The third-order valence-corrected chi connectivity index (χ3v) is 3.77. The highest BCUT2D eigenvalue weighted by Crippen LogP contribution is 2.37. The van der Waals surface area contributed by atoms with Crippen LogP contribution < -0.4 is 5.32 Å². The third kappa shape index (κ3) is 2.54. The molecule has 1 aliphatic rings. The predicted octanol–water partition coefficient (Wildman–Crippen LogP) is 2.25. The Kier molecular flexibility index (Phi) is 3.58. The number of aliphatic carboxylic acids is 1. The Labute approximate surface area is 122 Å². The highest BCUT2D eigenvalue weighted by Gasteiger charge is 2.51. The fourth-order valence-electron chi connectivity index (χ4n) is 1.65. The number of halogens is 2. The Morgan fingerprint density at radius 1 is 1.35 bits per heavy atom. The van der Waals surface area contributed by atoms with Crippen molar-refractivity contribution in [3.05, 3.63) is 37.9 Å². The molecule has 0 bridgehead atoms. The van der Waals surface area contributed by atoms with Gasteiger partial charge >= 0.3 is 5.97 Å². The number of nitro benzene ring substituents is 1. The first-order chi connectivity index (χ1) is 9.27. The molecule has 2 N–H and O–H groups in total. The minimum Gasteiger partial charge on any atom is -0.480 e. The Hall–Kier alpha value is -1.86. The maximum atomic E-state index is 11.9. The number of carbonyl (C=O) groups excluding carboxylic acids is 1. The van der Waals surface area contributed by atoms with Crippen molar-refractivity contribution in [1.29, 1.82) is 0 Å². The average Bonchev–Trinajstić information content (AvgIpc) is 3.12. The summed E-state index contributed by atoms with van der Waals surface area (Å²) in [7, 11) is 0. The van der Waals surface area contributed by atoms with E-state index in [0.29, 0.717) is 12.8 Å². The van der Waals surface area contributed by atoms with Gasteiger partial charge in [0, 0.05) is 11.6 Å². The Balaban J connectivity index is 2.31. The number of nitro groups is 1. The molecular weight excluding hydrogens is 311 g/mol. The van der Waals surface area contributed by atoms with Gasteiger partial charge in [0.2, 0.25) is 0 Å². The second-order valence-electron chi connectivity index (χ2n) is 4.39. The van der Waals surface area contributed by atoms with E-state index in [1.807, 2.05) is 0 Å². The minimum absolute atomic E-state index is 0.112. The minimum atomic E-state index is -1.28. The van der Waals surface area contributed by atoms with Crippen LogP contribution in [0.3, 0.4) is 0 Å². The lowest BCUT2D eigenvalue weighted by Crippen LogP contribution is -2.43. The van der Waals surface area contributed by atoms with E-state index >= 15 is 0 Å². The molecule has 0 radical (unpaired) electrons. The molecule has 1 aliphatic carbocycles. The molecule has 106 valence electrons. The van der Waals surface area contributed by atoms with Crippen molar-refractivity contribution in [3.63, 3.8) is 0 Å². The monoisotopic (exact) mass is 318 g/mol. The smallest absolute Gasteiger partial charge is 0.329 e. The number of hydrogen-bond acceptors (Lipinski definition) is 4. The van der Waals surface area contributed by atoms with Crippen LogP contribution in [0, 0.1) is 10.1 Å². The van der Waals surface area contributed by atoms with Crippen LogP contribution in [0.25, 0.3) is 0 Å². The van der Waals surface area contributed by atoms with Gasteiger partial charge in [-0.05, 0) is 18.9 Å². The number of hydrogen-bond donors (Lipinski definition) is 2. The molecule has 1 fully saturated rings. The fourth-order valence-corrected chi connectivity index (χ4v) is 2.04. The van der Waals surface area contributed by atoms with Gasteiger partial charge in [-0.1, -0.05) is 23.2 Å². The van der Waals surface area contributed by atoms with Gasteiger partial charge in [0.1, 0.15) is 10.6 Å². The van der Waals surface area contributed by atoms with Crippen LogP contribution in [0.5, 0.6) is 0 Å². The second kappa shape index (κ2) is 4.92. The van der Waals surface area contributed by atoms with Gasteiger partial charge in [-0.2, -0.15) is 0 Å². The Morgan fingerprint density at radius 3 is 2.40 bits per heavy atom. The number of nitrogens with one attached hydrogen (secondary N) is 1. The molecule has 1 amide bonds. The molecule has 0 heterocycles. The van der Waals surface area contributed by atoms with Crippen molar-refractivity contribution in [3.8, 4) is 0 Å². The molecule has 1 aromatic rings. The molecule has 20 heavy (non-hydrogen) atoms. The first-order valence-electron chi connectivity index (χ1n) is 5.46. The summed E-state index contributed by atoms with van der Waals surface area (Å²) < 4.78 is 0. The standard InChI is InChI=1S/C11H8Cl2N2O5/c12-6-3-5(4-7(8(6)13)15(19)20)9(16)14-11(1-2-11)10(17)18/h3-4H,1-2H2,(H,14,16)(H,17,18). The third-order valence-electron chi connectivity index (χ3n) is 2.98. The molecule has 0 unspecified atom stereocenters. The van der Waals surface area contributed by atoms with E-state index < -0.39 is 28.0 Å². The summed E-state index contributed by atoms with van der Waals surface area (Å²) >= 11 is 11.4. The number of carboxylic acids is 1. The van der Waals surface area contributed by atoms with E-state index in [1.165, 1.54) is 0 Å². The van der Waals surface area contributed by atoms with Gasteiger partial charge in [0.25, 0.3) is 11.6 Å². The molecule has 1 aromatic carbocycles. The fraction of sp³-hybridized carbons (Fsp3) is 0.273. The van der Waals surface area contributed by atoms with Gasteiger partial charge in [-0.15, -0.1) is 0 Å². The summed E-state index contributed by atoms with van der Waals surface area (Å²) in [6, 6.07) is 2.12. The molecule has 0 atom stereocenters. The molecule has 0 saturated heterocycles. The van der Waals surface area contributed by atoms with E-state index in [1.54, 1.807) is 0 Å². The molecule has 1 saturated carbocycles. The Morgan fingerprint density at radius 2 is 1.95 bits per heavy atom. The second-order valence-corrected chi connectivity index (χ2v) is 5.17. The van der Waals surface area contributed by atoms with Crippen LogP contribution in [0.2, 0.25) is 10.0 Å². The molecule has 0 spiro atoms. The van der Waals surface area contributed by atoms with Crippen LogP contribution in [0.1, 0.15) is 23.2 Å². The van der Waals surface area contributed by atoms with Crippen molar-refractivity contribution in [2.75, 3.05) is 0 Å². The van der Waals surface area contributed by atoms with E-state index in [-0.39, 0.29) is 15.6 Å². The normalized spacial score (nSPS) is 15.5. The lowest BCUT2D eigenvalue weighted by molar-refractivity contribution is -0.384. The van der Waals surface area contributed by atoms with E-state index in [0.717, 1.165) is 12.1 Å². The van der Waals surface area contributed by atoms with Crippen molar-refractivity contribution >= 4 is 40.8 Å². The summed E-state index contributed by atoms with van der Waals surface area (Å²) in [5.74, 6) is -1.88. The number of amides is 1. The van der Waals surface area contributed by atoms with Gasteiger partial charge < -0.3 is 10.4 Å². The lowest BCUT2D eigenvalue weighted by Gasteiger charge is -2.12. The lowest BCUT2D eigenvalue weighted by atomic mass is 10.1. The molecule has 7 nitrogen and oxygen atoms in total. The molecular formula is C11H8Cl2N2O5. The zero-order valence-electron chi connectivity index (χ0n) is 9.85. The van der Waals surface area contributed by atoms with Crippen LogP contribution in [-0.4, -0.2) is 27.4 Å². The molecule has 0 aromatic heterocycles. The van der Waals surface area contributed by atoms with E-state index in [9.17, 15) is 19.7 Å². The van der Waals surface area contributed by atoms with Gasteiger partial charge in [-0.25, -0.2) is 4.79 Å². The first-order valence-corrected chi connectivity index (χ1v) is 6.22. The number of carboxylic acid groups (broad SMARTS) is 1. The summed E-state index contributed by atoms with van der Waals surface area (Å²) in [6.45, 7) is 0. The maximum Gasteiger partial charge on any atom is 0.329 e. The van der Waals surface area contributed by atoms with Crippen LogP contribution in [-0.2, 0) is 4.79 Å². The summed E-state index contributed by atoms with van der Waals surface area (Å²) in [6.07, 6.45) is 0.634. The van der Waals surface area contributed by atoms with Crippen molar-refractivity contribution in [1.82, 2.24) is 5.32 Å². The van der Waals surface area contributed by atoms with E-state index in [2.05, 4.69) is 5.32 Å². The number of rotatable bonds is 4. The number of benzene rings is 1. The van der Waals surface area contributed by atoms with Crippen molar-refractivity contribution < 1.29 is 19.6 Å². The summed E-state index contributed by atoms with van der Waals surface area (Å²) in [5, 5.41) is 21.7. The Bertz CT molecular complexity index is 627. The highest BCUT2D eigenvalue weighted by molar-refractivity contribution is 6.43. The quantitative estimate of drug-likeness (QED) is 0.653. The highest BCUT2D eigenvalue weighted by atomic mass is 35.5. The molecule has 2 rings (SSSR count). The summed E-state index contributed by atoms with van der Waals surface area (Å²) in [5.41, 5.74) is -1.90. The number of carbonyl (C=O) groups is 2. The zero-order chi connectivity index (χ0) is 15.1. The van der Waals surface area contributed by atoms with Gasteiger partial charge in [0.05, 0.1) is 9.95 Å². The predicted molar refractivity (Wildman–Crippen MR) is 70.2 cm³/mol. The topological polar surface area (TPSA) is 110 Å². The maximum absolute atomic E-state index is 11.9. The summed E-state index contributed by atoms with van der Waals surface area (Å²) in [4.78, 5) is 32.9. The zero-order valence-corrected chi connectivity index (χ0v) is 11.4. The van der Waals surface area contributed by atoms with E-state index in [4.69, 9.17) is 28.3 Å². The molecule has 0 aliphatic heterocycles. The van der Waals surface area contributed by atoms with Crippen molar-refractivity contribution in [2.45, 2.75) is 18.4 Å². The van der Waals surface area contributed by atoms with Gasteiger partial charge in [0.15, 0.2) is 0 Å².